The zero-order chi connectivity index (χ0) is 21.3. The zero-order valence-corrected chi connectivity index (χ0v) is 16.9. The topological polar surface area (TPSA) is 135 Å². The Morgan fingerprint density at radius 1 is 0.433 bits per heavy atom. The van der Waals surface area contributed by atoms with Gasteiger partial charge in [0.1, 0.15) is 22.7 Å². The van der Waals surface area contributed by atoms with Crippen LogP contribution in [0, 0.1) is 0 Å². The third-order valence-corrected chi connectivity index (χ3v) is 4.89. The second-order valence-electron chi connectivity index (χ2n) is 7.16. The SMILES string of the molecule is O=c1c2c(c1=O)NCCCOCCCNc1c(c(=O)c1=O)NCCCOCCCN2. The van der Waals surface area contributed by atoms with Crippen LogP contribution in [-0.2, 0) is 9.47 Å². The number of rotatable bonds is 0. The van der Waals surface area contributed by atoms with Crippen molar-refractivity contribution in [3.8, 4) is 0 Å². The van der Waals surface area contributed by atoms with E-state index in [2.05, 4.69) is 21.3 Å². The number of nitrogens with one attached hydrogen (secondary N) is 4. The van der Waals surface area contributed by atoms with Crippen LogP contribution in [0.25, 0.3) is 0 Å². The molecule has 0 saturated carbocycles. The van der Waals surface area contributed by atoms with Gasteiger partial charge in [0.05, 0.1) is 0 Å². The fraction of sp³-hybridized carbons (Fsp3) is 0.600. The molecule has 0 fully saturated rings. The van der Waals surface area contributed by atoms with Gasteiger partial charge in [0, 0.05) is 52.6 Å². The van der Waals surface area contributed by atoms with Gasteiger partial charge < -0.3 is 30.7 Å². The standard InChI is InChI=1S/C20H28N4O6/c25-17-13-14(18(17)26)22-7-3-11-30-12-4-8-24-16-15(19(27)20(16)28)23-6-2-10-29-9-1-5-21-13/h21-24H,1-12H2. The fourth-order valence-electron chi connectivity index (χ4n) is 3.21. The van der Waals surface area contributed by atoms with E-state index in [9.17, 15) is 19.2 Å². The Labute approximate surface area is 173 Å². The average Bonchev–Trinajstić information content (AvgIpc) is 2.76. The van der Waals surface area contributed by atoms with Crippen LogP contribution in [0.4, 0.5) is 22.7 Å². The highest BCUT2D eigenvalue weighted by molar-refractivity contribution is 5.74. The van der Waals surface area contributed by atoms with Crippen molar-refractivity contribution < 1.29 is 9.47 Å². The van der Waals surface area contributed by atoms with E-state index >= 15 is 0 Å². The molecule has 0 spiro atoms. The van der Waals surface area contributed by atoms with Crippen LogP contribution in [-0.4, -0.2) is 52.6 Å². The van der Waals surface area contributed by atoms with Crippen molar-refractivity contribution in [3.63, 3.8) is 0 Å². The van der Waals surface area contributed by atoms with Gasteiger partial charge in [0.2, 0.25) is 0 Å². The highest BCUT2D eigenvalue weighted by Gasteiger charge is 2.20. The van der Waals surface area contributed by atoms with Crippen LogP contribution in [0.2, 0.25) is 0 Å². The molecular formula is C20H28N4O6. The van der Waals surface area contributed by atoms with Crippen LogP contribution in [0.1, 0.15) is 25.7 Å². The lowest BCUT2D eigenvalue weighted by molar-refractivity contribution is 0.133. The first kappa shape index (κ1) is 22.0. The van der Waals surface area contributed by atoms with Crippen LogP contribution < -0.4 is 43.0 Å². The van der Waals surface area contributed by atoms with Crippen molar-refractivity contribution in [2.75, 3.05) is 73.9 Å². The monoisotopic (exact) mass is 420 g/mol. The Morgan fingerprint density at radius 2 is 0.667 bits per heavy atom. The highest BCUT2D eigenvalue weighted by Crippen LogP contribution is 2.15. The molecule has 0 saturated heterocycles. The minimum absolute atomic E-state index is 0.349. The summed E-state index contributed by atoms with van der Waals surface area (Å²) in [6, 6.07) is 0. The van der Waals surface area contributed by atoms with E-state index in [1.54, 1.807) is 0 Å². The molecule has 1 heterocycles. The molecule has 4 N–H and O–H groups in total. The molecule has 10 nitrogen and oxygen atoms in total. The minimum atomic E-state index is -0.486. The van der Waals surface area contributed by atoms with Crippen LogP contribution in [0.15, 0.2) is 19.2 Å². The number of fused-ring (bicyclic) bond motifs is 2. The van der Waals surface area contributed by atoms with Crippen LogP contribution in [0.5, 0.6) is 0 Å². The Kier molecular flexibility index (Phi) is 7.97. The first-order valence-electron chi connectivity index (χ1n) is 10.4. The van der Waals surface area contributed by atoms with E-state index in [-0.39, 0.29) is 0 Å². The second kappa shape index (κ2) is 10.9. The molecule has 0 bridgehead atoms. The zero-order valence-electron chi connectivity index (χ0n) is 16.9. The fourth-order valence-corrected chi connectivity index (χ4v) is 3.21. The van der Waals surface area contributed by atoms with E-state index in [0.29, 0.717) is 101 Å². The third kappa shape index (κ3) is 5.25. The van der Waals surface area contributed by atoms with Crippen molar-refractivity contribution in [1.29, 1.82) is 0 Å². The van der Waals surface area contributed by atoms with E-state index in [1.807, 2.05) is 0 Å². The van der Waals surface area contributed by atoms with Gasteiger partial charge in [-0.05, 0) is 25.7 Å². The summed E-state index contributed by atoms with van der Waals surface area (Å²) in [6.07, 6.45) is 2.74. The first-order valence-corrected chi connectivity index (χ1v) is 10.4. The largest absolute Gasteiger partial charge is 0.381 e. The van der Waals surface area contributed by atoms with E-state index in [1.165, 1.54) is 0 Å². The Balaban J connectivity index is 1.49. The normalized spacial score (nSPS) is 18.4. The first-order chi connectivity index (χ1) is 14.6. The Hall–Kier alpha value is -2.72. The molecule has 10 heteroatoms. The maximum absolute atomic E-state index is 11.7. The van der Waals surface area contributed by atoms with Crippen molar-refractivity contribution in [3.05, 3.63) is 40.9 Å². The molecule has 1 aliphatic heterocycles. The summed E-state index contributed by atoms with van der Waals surface area (Å²) in [5.41, 5.74) is -0.546. The second-order valence-corrected chi connectivity index (χ2v) is 7.16. The predicted octanol–water partition coefficient (Wildman–Crippen LogP) is -0.166. The van der Waals surface area contributed by atoms with Gasteiger partial charge in [0.15, 0.2) is 0 Å². The van der Waals surface area contributed by atoms with Gasteiger partial charge >= 0.3 is 0 Å². The van der Waals surface area contributed by atoms with Gasteiger partial charge in [-0.15, -0.1) is 0 Å². The van der Waals surface area contributed by atoms with Gasteiger partial charge in [0.25, 0.3) is 21.7 Å². The molecule has 30 heavy (non-hydrogen) atoms. The minimum Gasteiger partial charge on any atom is -0.381 e. The molecule has 3 rings (SSSR count). The summed E-state index contributed by atoms with van der Waals surface area (Å²) >= 11 is 0. The van der Waals surface area contributed by atoms with Crippen LogP contribution in [0.3, 0.4) is 0 Å². The van der Waals surface area contributed by atoms with E-state index < -0.39 is 21.7 Å². The number of hydrogen-bond acceptors (Lipinski definition) is 10. The van der Waals surface area contributed by atoms with Crippen molar-refractivity contribution in [1.82, 2.24) is 0 Å². The number of ether oxygens (including phenoxy) is 2. The maximum atomic E-state index is 11.7. The maximum Gasteiger partial charge on any atom is 0.253 e. The number of hydrogen-bond donors (Lipinski definition) is 4. The highest BCUT2D eigenvalue weighted by atomic mass is 16.5. The molecule has 0 atom stereocenters. The molecule has 0 radical (unpaired) electrons. The molecule has 1 aliphatic rings. The summed E-state index contributed by atoms with van der Waals surface area (Å²) in [6.45, 7) is 4.15. The molecule has 0 unspecified atom stereocenters. The van der Waals surface area contributed by atoms with E-state index in [0.717, 1.165) is 0 Å². The summed E-state index contributed by atoms with van der Waals surface area (Å²) in [5.74, 6) is 0. The summed E-state index contributed by atoms with van der Waals surface area (Å²) < 4.78 is 11.1. The lowest BCUT2D eigenvalue weighted by Crippen LogP contribution is -2.38. The molecule has 0 amide bonds. The molecule has 0 aromatic heterocycles. The van der Waals surface area contributed by atoms with E-state index in [4.69, 9.17) is 9.47 Å². The van der Waals surface area contributed by atoms with Gasteiger partial charge in [-0.25, -0.2) is 0 Å². The number of anilines is 4. The lowest BCUT2D eigenvalue weighted by Gasteiger charge is -2.16. The molecule has 2 aromatic rings. The Morgan fingerprint density at radius 3 is 0.900 bits per heavy atom. The average molecular weight is 420 g/mol. The molecule has 0 aliphatic carbocycles. The molecule has 164 valence electrons. The van der Waals surface area contributed by atoms with Crippen molar-refractivity contribution >= 4 is 22.7 Å². The smallest absolute Gasteiger partial charge is 0.253 e. The molecule has 2 aromatic carbocycles. The van der Waals surface area contributed by atoms with Gasteiger partial charge in [-0.3, -0.25) is 19.2 Å². The van der Waals surface area contributed by atoms with Crippen LogP contribution >= 0.6 is 0 Å². The Bertz CT molecular complexity index is 817. The summed E-state index contributed by atoms with van der Waals surface area (Å²) in [7, 11) is 0. The summed E-state index contributed by atoms with van der Waals surface area (Å²) in [4.78, 5) is 46.9. The summed E-state index contributed by atoms with van der Waals surface area (Å²) in [5, 5.41) is 12.0. The molecular weight excluding hydrogens is 392 g/mol. The van der Waals surface area contributed by atoms with Gasteiger partial charge in [-0.2, -0.15) is 0 Å². The quantitative estimate of drug-likeness (QED) is 0.426. The third-order valence-electron chi connectivity index (χ3n) is 4.89. The lowest BCUT2D eigenvalue weighted by atomic mass is 10.2. The van der Waals surface area contributed by atoms with Crippen molar-refractivity contribution in [2.45, 2.75) is 25.7 Å². The van der Waals surface area contributed by atoms with Gasteiger partial charge in [-0.1, -0.05) is 0 Å². The predicted molar refractivity (Wildman–Crippen MR) is 117 cm³/mol. The van der Waals surface area contributed by atoms with Crippen molar-refractivity contribution in [2.24, 2.45) is 0 Å².